The van der Waals surface area contributed by atoms with Crippen LogP contribution in [0.4, 0.5) is 13.2 Å². The molecule has 0 unspecified atom stereocenters. The van der Waals surface area contributed by atoms with Crippen LogP contribution in [-0.2, 0) is 17.8 Å². The number of methoxy groups -OCH3 is 1. The highest BCUT2D eigenvalue weighted by atomic mass is 19.4. The fraction of sp³-hybridized carbons (Fsp3) is 0.517. The van der Waals surface area contributed by atoms with E-state index in [-0.39, 0.29) is 24.0 Å². The van der Waals surface area contributed by atoms with Gasteiger partial charge in [0.1, 0.15) is 0 Å². The molecule has 2 fully saturated rings. The molecule has 0 spiro atoms. The molecule has 39 heavy (non-hydrogen) atoms. The van der Waals surface area contributed by atoms with Gasteiger partial charge in [0.05, 0.1) is 19.2 Å². The molecule has 0 saturated carbocycles. The van der Waals surface area contributed by atoms with Crippen LogP contribution in [0.2, 0.25) is 0 Å². The molecule has 0 N–H and O–H groups in total. The van der Waals surface area contributed by atoms with Crippen molar-refractivity contribution in [1.82, 2.24) is 19.6 Å². The molecule has 0 aromatic heterocycles. The Bertz CT molecular complexity index is 1120. The molecule has 2 aromatic rings. The summed E-state index contributed by atoms with van der Waals surface area (Å²) in [5, 5.41) is 0. The standard InChI is InChI=1S/C29H37F3N4O3/c1-21-16-35(18-23-7-9-25(10-8-23)28(38)39-3)17-22(2)36(21)27(37)26-6-4-5-24(15-26)19-33-11-13-34(14-12-33)20-29(30,31)32/h4-10,15,21-22H,11-14,16-20H2,1-3H3/t21-,22+. The topological polar surface area (TPSA) is 56.3 Å². The molecular weight excluding hydrogens is 509 g/mol. The largest absolute Gasteiger partial charge is 0.465 e. The number of nitrogens with zero attached hydrogens (tertiary/aromatic N) is 4. The number of alkyl halides is 3. The van der Waals surface area contributed by atoms with Crippen LogP contribution in [0.25, 0.3) is 0 Å². The van der Waals surface area contributed by atoms with E-state index in [1.165, 1.54) is 12.0 Å². The lowest BCUT2D eigenvalue weighted by Gasteiger charge is -2.44. The number of amides is 1. The van der Waals surface area contributed by atoms with Gasteiger partial charge in [-0.3, -0.25) is 19.5 Å². The van der Waals surface area contributed by atoms with E-state index in [1.807, 2.05) is 41.3 Å². The number of rotatable bonds is 7. The van der Waals surface area contributed by atoms with Gasteiger partial charge in [-0.2, -0.15) is 13.2 Å². The molecule has 212 valence electrons. The molecule has 0 bridgehead atoms. The van der Waals surface area contributed by atoms with Crippen molar-refractivity contribution < 1.29 is 27.5 Å². The van der Waals surface area contributed by atoms with Gasteiger partial charge in [0.15, 0.2) is 0 Å². The highest BCUT2D eigenvalue weighted by Crippen LogP contribution is 2.23. The van der Waals surface area contributed by atoms with Gasteiger partial charge in [0, 0.05) is 70.0 Å². The number of carbonyl (C=O) groups excluding carboxylic acids is 2. The molecule has 2 aromatic carbocycles. The summed E-state index contributed by atoms with van der Waals surface area (Å²) in [6, 6.07) is 15.0. The lowest BCUT2D eigenvalue weighted by molar-refractivity contribution is -0.149. The smallest absolute Gasteiger partial charge is 0.401 e. The Morgan fingerprint density at radius 1 is 0.821 bits per heavy atom. The first kappa shape index (κ1) is 29.0. The number of piperazine rings is 2. The van der Waals surface area contributed by atoms with Gasteiger partial charge < -0.3 is 9.64 Å². The first-order valence-corrected chi connectivity index (χ1v) is 13.3. The maximum Gasteiger partial charge on any atom is 0.401 e. The predicted octanol–water partition coefficient (Wildman–Crippen LogP) is 3.89. The van der Waals surface area contributed by atoms with Crippen molar-refractivity contribution >= 4 is 11.9 Å². The van der Waals surface area contributed by atoms with Crippen LogP contribution in [0.1, 0.15) is 45.7 Å². The molecule has 2 saturated heterocycles. The molecule has 2 aliphatic heterocycles. The second-order valence-corrected chi connectivity index (χ2v) is 10.7. The van der Waals surface area contributed by atoms with E-state index in [2.05, 4.69) is 23.6 Å². The molecular formula is C29H37F3N4O3. The number of benzene rings is 2. The fourth-order valence-electron chi connectivity index (χ4n) is 5.65. The molecule has 1 amide bonds. The minimum atomic E-state index is -4.17. The zero-order valence-electron chi connectivity index (χ0n) is 22.8. The summed E-state index contributed by atoms with van der Waals surface area (Å²) in [6.07, 6.45) is -4.17. The summed E-state index contributed by atoms with van der Waals surface area (Å²) in [7, 11) is 1.36. The highest BCUT2D eigenvalue weighted by Gasteiger charge is 2.34. The van der Waals surface area contributed by atoms with Crippen molar-refractivity contribution in [2.75, 3.05) is 52.9 Å². The lowest BCUT2D eigenvalue weighted by Crippen LogP contribution is -2.58. The highest BCUT2D eigenvalue weighted by molar-refractivity contribution is 5.95. The summed E-state index contributed by atoms with van der Waals surface area (Å²) in [5.74, 6) is -0.363. The van der Waals surface area contributed by atoms with E-state index in [0.717, 1.165) is 30.8 Å². The Hall–Kier alpha value is -2.95. The third-order valence-electron chi connectivity index (χ3n) is 7.46. The lowest BCUT2D eigenvalue weighted by atomic mass is 10.0. The van der Waals surface area contributed by atoms with E-state index in [1.54, 1.807) is 12.1 Å². The maximum absolute atomic E-state index is 13.6. The fourth-order valence-corrected chi connectivity index (χ4v) is 5.65. The van der Waals surface area contributed by atoms with Gasteiger partial charge >= 0.3 is 12.1 Å². The number of carbonyl (C=O) groups is 2. The van der Waals surface area contributed by atoms with E-state index in [9.17, 15) is 22.8 Å². The molecule has 4 rings (SSSR count). The average Bonchev–Trinajstić information content (AvgIpc) is 2.88. The normalized spacial score (nSPS) is 21.6. The first-order valence-electron chi connectivity index (χ1n) is 13.3. The predicted molar refractivity (Wildman–Crippen MR) is 142 cm³/mol. The number of esters is 1. The third-order valence-corrected chi connectivity index (χ3v) is 7.46. The summed E-state index contributed by atoms with van der Waals surface area (Å²) in [6.45, 7) is 7.95. The average molecular weight is 547 g/mol. The third kappa shape index (κ3) is 7.80. The zero-order chi connectivity index (χ0) is 28.2. The zero-order valence-corrected chi connectivity index (χ0v) is 22.8. The van der Waals surface area contributed by atoms with Gasteiger partial charge in [0.2, 0.25) is 0 Å². The van der Waals surface area contributed by atoms with Crippen LogP contribution in [-0.4, -0.2) is 103 Å². The van der Waals surface area contributed by atoms with Crippen molar-refractivity contribution in [3.8, 4) is 0 Å². The number of hydrogen-bond donors (Lipinski definition) is 0. The second-order valence-electron chi connectivity index (χ2n) is 10.7. The van der Waals surface area contributed by atoms with Crippen LogP contribution in [0, 0.1) is 0 Å². The number of halogens is 3. The van der Waals surface area contributed by atoms with Crippen LogP contribution >= 0.6 is 0 Å². The number of ether oxygens (including phenoxy) is 1. The SMILES string of the molecule is COC(=O)c1ccc(CN2C[C@@H](C)N(C(=O)c3cccc(CN4CCN(CC(F)(F)F)CC4)c3)[C@@H](C)C2)cc1. The van der Waals surface area contributed by atoms with Gasteiger partial charge in [-0.25, -0.2) is 4.79 Å². The van der Waals surface area contributed by atoms with Crippen molar-refractivity contribution in [2.45, 2.75) is 45.2 Å². The molecule has 2 atom stereocenters. The van der Waals surface area contributed by atoms with Crippen LogP contribution in [0.3, 0.4) is 0 Å². The van der Waals surface area contributed by atoms with Gasteiger partial charge in [-0.15, -0.1) is 0 Å². The minimum Gasteiger partial charge on any atom is -0.465 e. The molecule has 7 nitrogen and oxygen atoms in total. The molecule has 10 heteroatoms. The Morgan fingerprint density at radius 3 is 2.00 bits per heavy atom. The van der Waals surface area contributed by atoms with Crippen molar-refractivity contribution in [2.24, 2.45) is 0 Å². The van der Waals surface area contributed by atoms with Crippen LogP contribution in [0.5, 0.6) is 0 Å². The second kappa shape index (κ2) is 12.5. The van der Waals surface area contributed by atoms with E-state index >= 15 is 0 Å². The van der Waals surface area contributed by atoms with E-state index < -0.39 is 12.7 Å². The molecule has 0 radical (unpaired) electrons. The van der Waals surface area contributed by atoms with Crippen LogP contribution in [0.15, 0.2) is 48.5 Å². The van der Waals surface area contributed by atoms with Gasteiger partial charge in [-0.1, -0.05) is 24.3 Å². The van der Waals surface area contributed by atoms with E-state index in [4.69, 9.17) is 4.74 Å². The summed E-state index contributed by atoms with van der Waals surface area (Å²) in [5.41, 5.74) is 3.23. The monoisotopic (exact) mass is 546 g/mol. The van der Waals surface area contributed by atoms with Gasteiger partial charge in [0.25, 0.3) is 5.91 Å². The number of hydrogen-bond acceptors (Lipinski definition) is 6. The minimum absolute atomic E-state index is 0.00562. The Balaban J connectivity index is 1.32. The van der Waals surface area contributed by atoms with Crippen molar-refractivity contribution in [3.63, 3.8) is 0 Å². The Kier molecular flexibility index (Phi) is 9.30. The Labute approximate surface area is 228 Å². The quantitative estimate of drug-likeness (QED) is 0.492. The molecule has 0 aliphatic carbocycles. The van der Waals surface area contributed by atoms with Crippen molar-refractivity contribution in [1.29, 1.82) is 0 Å². The van der Waals surface area contributed by atoms with Gasteiger partial charge in [-0.05, 0) is 49.2 Å². The maximum atomic E-state index is 13.6. The summed E-state index contributed by atoms with van der Waals surface area (Å²) < 4.78 is 42.8. The molecule has 2 heterocycles. The first-order chi connectivity index (χ1) is 18.5. The Morgan fingerprint density at radius 2 is 1.41 bits per heavy atom. The van der Waals surface area contributed by atoms with Crippen molar-refractivity contribution in [3.05, 3.63) is 70.8 Å². The summed E-state index contributed by atoms with van der Waals surface area (Å²) in [4.78, 5) is 33.1. The van der Waals surface area contributed by atoms with Crippen LogP contribution < -0.4 is 0 Å². The summed E-state index contributed by atoms with van der Waals surface area (Å²) >= 11 is 0. The van der Waals surface area contributed by atoms with E-state index in [0.29, 0.717) is 43.9 Å². The molecule has 2 aliphatic rings.